The minimum absolute atomic E-state index is 0.270. The van der Waals surface area contributed by atoms with Crippen LogP contribution in [-0.2, 0) is 0 Å². The Labute approximate surface area is 221 Å². The zero-order valence-electron chi connectivity index (χ0n) is 22.5. The van der Waals surface area contributed by atoms with E-state index in [1.54, 1.807) is 0 Å². The fourth-order valence-corrected chi connectivity index (χ4v) is 4.65. The highest BCUT2D eigenvalue weighted by molar-refractivity contribution is 5.50. The molecule has 0 spiro atoms. The zero-order valence-corrected chi connectivity index (χ0v) is 22.5. The van der Waals surface area contributed by atoms with E-state index in [0.717, 1.165) is 40.8 Å². The Bertz CT molecular complexity index is 1220. The van der Waals surface area contributed by atoms with E-state index in [9.17, 15) is 0 Å². The summed E-state index contributed by atoms with van der Waals surface area (Å²) in [7, 11) is 0. The number of hydrogen-bond acceptors (Lipinski definition) is 4. The lowest BCUT2D eigenvalue weighted by Crippen LogP contribution is -2.04. The molecule has 0 heterocycles. The Hall–Kier alpha value is -3.92. The van der Waals surface area contributed by atoms with Crippen molar-refractivity contribution in [3.05, 3.63) is 107 Å². The summed E-state index contributed by atoms with van der Waals surface area (Å²) in [6, 6.07) is 28.3. The van der Waals surface area contributed by atoms with Crippen LogP contribution < -0.4 is 20.9 Å². The summed E-state index contributed by atoms with van der Waals surface area (Å²) in [6.07, 6.45) is 0.991. The lowest BCUT2D eigenvalue weighted by molar-refractivity contribution is 0.472. The molecule has 0 unspecified atom stereocenters. The smallest absolute Gasteiger partial charge is 0.130 e. The maximum atomic E-state index is 6.25. The van der Waals surface area contributed by atoms with Gasteiger partial charge in [-0.05, 0) is 101 Å². The topological polar surface area (TPSA) is 70.5 Å². The monoisotopic (exact) mass is 494 g/mol. The average Bonchev–Trinajstić information content (AvgIpc) is 2.88. The maximum Gasteiger partial charge on any atom is 0.130 e. The van der Waals surface area contributed by atoms with Gasteiger partial charge in [-0.3, -0.25) is 0 Å². The van der Waals surface area contributed by atoms with E-state index in [1.807, 2.05) is 48.5 Å². The van der Waals surface area contributed by atoms with Crippen LogP contribution in [0.3, 0.4) is 0 Å². The summed E-state index contributed by atoms with van der Waals surface area (Å²) in [5, 5.41) is 0. The Kier molecular flexibility index (Phi) is 8.08. The summed E-state index contributed by atoms with van der Waals surface area (Å²) in [5.74, 6) is 4.25. The van der Waals surface area contributed by atoms with Gasteiger partial charge in [0.1, 0.15) is 23.0 Å². The van der Waals surface area contributed by atoms with Crippen LogP contribution in [0.15, 0.2) is 84.9 Å². The summed E-state index contributed by atoms with van der Waals surface area (Å²) >= 11 is 0. The third-order valence-corrected chi connectivity index (χ3v) is 6.74. The van der Waals surface area contributed by atoms with Crippen LogP contribution in [0.4, 0.5) is 11.4 Å². The molecule has 0 saturated heterocycles. The molecule has 0 radical (unpaired) electrons. The van der Waals surface area contributed by atoms with Gasteiger partial charge in [-0.15, -0.1) is 0 Å². The fourth-order valence-electron chi connectivity index (χ4n) is 4.65. The van der Waals surface area contributed by atoms with Crippen LogP contribution in [-0.4, -0.2) is 0 Å². The number of rotatable bonds is 9. The predicted molar refractivity (Wildman–Crippen MR) is 155 cm³/mol. The van der Waals surface area contributed by atoms with Crippen molar-refractivity contribution in [3.63, 3.8) is 0 Å². The first-order valence-corrected chi connectivity index (χ1v) is 13.1. The van der Waals surface area contributed by atoms with E-state index in [2.05, 4.69) is 71.0 Å². The van der Waals surface area contributed by atoms with Crippen LogP contribution in [0, 0.1) is 0 Å². The number of nitrogens with two attached hydrogens (primary N) is 2. The average molecular weight is 495 g/mol. The third-order valence-electron chi connectivity index (χ3n) is 6.74. The van der Waals surface area contributed by atoms with E-state index in [0.29, 0.717) is 11.8 Å². The summed E-state index contributed by atoms with van der Waals surface area (Å²) in [4.78, 5) is 0. The van der Waals surface area contributed by atoms with Gasteiger partial charge in [-0.25, -0.2) is 0 Å². The molecule has 0 atom stereocenters. The van der Waals surface area contributed by atoms with Gasteiger partial charge in [-0.2, -0.15) is 0 Å². The summed E-state index contributed by atoms with van der Waals surface area (Å²) in [5.41, 5.74) is 18.1. The van der Waals surface area contributed by atoms with Gasteiger partial charge in [0.2, 0.25) is 0 Å². The number of ether oxygens (including phenoxy) is 2. The Balaban J connectivity index is 1.65. The molecular formula is C33H38N2O2. The lowest BCUT2D eigenvalue weighted by Gasteiger charge is -2.22. The molecule has 4 aromatic rings. The summed E-state index contributed by atoms with van der Waals surface area (Å²) in [6.45, 7) is 11.1. The summed E-state index contributed by atoms with van der Waals surface area (Å²) < 4.78 is 12.5. The van der Waals surface area contributed by atoms with Crippen LogP contribution >= 0.6 is 0 Å². The van der Waals surface area contributed by atoms with E-state index in [-0.39, 0.29) is 5.92 Å². The van der Waals surface area contributed by atoms with Crippen molar-refractivity contribution in [2.75, 3.05) is 11.5 Å². The number of hydrogen-bond donors (Lipinski definition) is 2. The Morgan fingerprint density at radius 1 is 0.568 bits per heavy atom. The molecule has 0 aliphatic carbocycles. The molecule has 37 heavy (non-hydrogen) atoms. The first-order chi connectivity index (χ1) is 17.7. The molecule has 0 bridgehead atoms. The molecule has 0 aliphatic heterocycles. The van der Waals surface area contributed by atoms with Gasteiger partial charge in [0.15, 0.2) is 0 Å². The molecule has 0 aromatic heterocycles. The quantitative estimate of drug-likeness (QED) is 0.227. The fraction of sp³-hybridized carbons (Fsp3) is 0.273. The zero-order chi connectivity index (χ0) is 26.5. The highest BCUT2D eigenvalue weighted by Gasteiger charge is 2.19. The molecule has 4 heteroatoms. The number of benzene rings is 4. The van der Waals surface area contributed by atoms with E-state index in [4.69, 9.17) is 20.9 Å². The van der Waals surface area contributed by atoms with Crippen LogP contribution in [0.25, 0.3) is 0 Å². The van der Waals surface area contributed by atoms with Gasteiger partial charge in [0.25, 0.3) is 0 Å². The van der Waals surface area contributed by atoms with E-state index < -0.39 is 0 Å². The highest BCUT2D eigenvalue weighted by Crippen LogP contribution is 2.39. The van der Waals surface area contributed by atoms with Crippen LogP contribution in [0.2, 0.25) is 0 Å². The molecule has 0 aliphatic rings. The van der Waals surface area contributed by atoms with Crippen LogP contribution in [0.1, 0.15) is 81.0 Å². The number of nitrogen functional groups attached to an aromatic ring is 2. The predicted octanol–water partition coefficient (Wildman–Crippen LogP) is 9.22. The minimum Gasteiger partial charge on any atom is -0.457 e. The molecule has 192 valence electrons. The van der Waals surface area contributed by atoms with Gasteiger partial charge in [0, 0.05) is 17.3 Å². The molecule has 0 fully saturated rings. The van der Waals surface area contributed by atoms with Crippen molar-refractivity contribution in [3.8, 4) is 23.0 Å². The van der Waals surface area contributed by atoms with Gasteiger partial charge >= 0.3 is 0 Å². The number of anilines is 2. The molecule has 4 nitrogen and oxygen atoms in total. The Morgan fingerprint density at radius 2 is 0.946 bits per heavy atom. The molecular weight excluding hydrogens is 456 g/mol. The van der Waals surface area contributed by atoms with Crippen molar-refractivity contribution < 1.29 is 9.47 Å². The lowest BCUT2D eigenvalue weighted by atomic mass is 9.85. The molecule has 4 N–H and O–H groups in total. The van der Waals surface area contributed by atoms with E-state index in [1.165, 1.54) is 22.3 Å². The van der Waals surface area contributed by atoms with Crippen molar-refractivity contribution in [2.24, 2.45) is 0 Å². The van der Waals surface area contributed by atoms with Gasteiger partial charge in [-0.1, -0.05) is 58.9 Å². The standard InChI is InChI=1S/C33H38N2O2/c1-6-29(23-7-17-32(30(19-23)21(2)3)36-27-13-9-25(34)10-14-27)24-8-18-33(31(20-24)22(4)5)37-28-15-11-26(35)12-16-28/h7-22,29H,6,34-35H2,1-5H3. The normalized spacial score (nSPS) is 11.4. The maximum absolute atomic E-state index is 6.25. The van der Waals surface area contributed by atoms with Crippen molar-refractivity contribution in [2.45, 2.75) is 58.8 Å². The largest absolute Gasteiger partial charge is 0.457 e. The molecule has 0 amide bonds. The first kappa shape index (κ1) is 26.2. The second kappa shape index (κ2) is 11.4. The van der Waals surface area contributed by atoms with Crippen molar-refractivity contribution in [1.82, 2.24) is 0 Å². The first-order valence-electron chi connectivity index (χ1n) is 13.1. The second-order valence-corrected chi connectivity index (χ2v) is 10.2. The minimum atomic E-state index is 0.270. The SMILES string of the molecule is CCC(c1ccc(Oc2ccc(N)cc2)c(C(C)C)c1)c1ccc(Oc2ccc(N)cc2)c(C(C)C)c1. The van der Waals surface area contributed by atoms with Gasteiger partial charge < -0.3 is 20.9 Å². The van der Waals surface area contributed by atoms with E-state index >= 15 is 0 Å². The molecule has 4 rings (SSSR count). The van der Waals surface area contributed by atoms with Crippen LogP contribution in [0.5, 0.6) is 23.0 Å². The van der Waals surface area contributed by atoms with Crippen molar-refractivity contribution in [1.29, 1.82) is 0 Å². The highest BCUT2D eigenvalue weighted by atomic mass is 16.5. The van der Waals surface area contributed by atoms with Crippen molar-refractivity contribution >= 4 is 11.4 Å². The molecule has 0 saturated carbocycles. The van der Waals surface area contributed by atoms with Gasteiger partial charge in [0.05, 0.1) is 0 Å². The Morgan fingerprint density at radius 3 is 1.27 bits per heavy atom. The second-order valence-electron chi connectivity index (χ2n) is 10.2. The third kappa shape index (κ3) is 6.26. The molecule has 4 aromatic carbocycles.